The lowest BCUT2D eigenvalue weighted by Crippen LogP contribution is -2.31. The summed E-state index contributed by atoms with van der Waals surface area (Å²) >= 11 is 0. The van der Waals surface area contributed by atoms with E-state index < -0.39 is 18.1 Å². The Hall–Kier alpha value is -0.580. The smallest absolute Gasteiger partial charge is 0.298 e. The van der Waals surface area contributed by atoms with Crippen molar-refractivity contribution < 1.29 is 18.0 Å². The van der Waals surface area contributed by atoms with Gasteiger partial charge in [-0.15, -0.1) is 0 Å². The summed E-state index contributed by atoms with van der Waals surface area (Å²) in [6, 6.07) is -0.549. The summed E-state index contributed by atoms with van der Waals surface area (Å²) in [4.78, 5) is 12.4. The van der Waals surface area contributed by atoms with Gasteiger partial charge in [0.2, 0.25) is 0 Å². The first-order chi connectivity index (χ1) is 7.82. The largest absolute Gasteiger partial charge is 0.393 e. The molecule has 0 aliphatic carbocycles. The van der Waals surface area contributed by atoms with Crippen LogP contribution in [0.4, 0.5) is 13.2 Å². The van der Waals surface area contributed by atoms with Crippen molar-refractivity contribution in [2.75, 3.05) is 13.6 Å². The molecule has 1 fully saturated rings. The van der Waals surface area contributed by atoms with Crippen LogP contribution in [-0.2, 0) is 4.79 Å². The monoisotopic (exact) mass is 255 g/mol. The molecule has 0 amide bonds. The van der Waals surface area contributed by atoms with Crippen molar-refractivity contribution in [3.05, 3.63) is 0 Å². The summed E-state index contributed by atoms with van der Waals surface area (Å²) in [6.45, 7) is 9.27. The first kappa shape index (κ1) is 18.8. The number of ketones is 1. The maximum Gasteiger partial charge on any atom is 0.393 e. The lowest BCUT2D eigenvalue weighted by atomic mass is 10.0. The molecule has 104 valence electrons. The number of halogens is 3. The van der Waals surface area contributed by atoms with Gasteiger partial charge in [-0.25, -0.2) is 0 Å². The summed E-state index contributed by atoms with van der Waals surface area (Å²) in [5.74, 6) is -1.53. The van der Waals surface area contributed by atoms with E-state index in [0.29, 0.717) is 0 Å². The van der Waals surface area contributed by atoms with Crippen molar-refractivity contribution in [2.45, 2.75) is 53.3 Å². The van der Waals surface area contributed by atoms with Crippen molar-refractivity contribution >= 4 is 5.78 Å². The summed E-state index contributed by atoms with van der Waals surface area (Å²) in [5, 5.41) is 0. The molecule has 0 aromatic heterocycles. The van der Waals surface area contributed by atoms with E-state index in [2.05, 4.69) is 0 Å². The highest BCUT2D eigenvalue weighted by Gasteiger charge is 2.47. The molecule has 2 nitrogen and oxygen atoms in total. The first-order valence-corrected chi connectivity index (χ1v) is 6.09. The molecule has 17 heavy (non-hydrogen) atoms. The topological polar surface area (TPSA) is 20.3 Å². The number of rotatable bonds is 1. The van der Waals surface area contributed by atoms with Crippen LogP contribution in [0.15, 0.2) is 0 Å². The molecule has 1 aliphatic rings. The molecule has 1 aliphatic heterocycles. The molecular weight excluding hydrogens is 231 g/mol. The Labute approximate surface area is 102 Å². The van der Waals surface area contributed by atoms with Gasteiger partial charge in [0, 0.05) is 6.54 Å². The average Bonchev–Trinajstić information content (AvgIpc) is 2.66. The fraction of sp³-hybridized carbons (Fsp3) is 0.917. The van der Waals surface area contributed by atoms with Gasteiger partial charge in [-0.05, 0) is 20.4 Å². The van der Waals surface area contributed by atoms with Crippen LogP contribution in [0, 0.1) is 5.92 Å². The van der Waals surface area contributed by atoms with Crippen molar-refractivity contribution in [2.24, 2.45) is 5.92 Å². The zero-order chi connectivity index (χ0) is 14.2. The van der Waals surface area contributed by atoms with E-state index in [1.165, 1.54) is 11.8 Å². The molecule has 1 rings (SSSR count). The van der Waals surface area contributed by atoms with Gasteiger partial charge >= 0.3 is 6.18 Å². The van der Waals surface area contributed by atoms with Crippen LogP contribution < -0.4 is 0 Å². The Morgan fingerprint density at radius 3 is 1.76 bits per heavy atom. The Balaban J connectivity index is 0. The average molecular weight is 255 g/mol. The van der Waals surface area contributed by atoms with Gasteiger partial charge in [-0.3, -0.25) is 9.69 Å². The van der Waals surface area contributed by atoms with E-state index in [1.807, 2.05) is 27.7 Å². The molecule has 5 heteroatoms. The number of carbonyl (C=O) groups is 1. The van der Waals surface area contributed by atoms with E-state index in [1.54, 1.807) is 7.05 Å². The maximum absolute atomic E-state index is 12.2. The second-order valence-electron chi connectivity index (χ2n) is 3.54. The summed E-state index contributed by atoms with van der Waals surface area (Å²) in [5.41, 5.74) is 0. The van der Waals surface area contributed by atoms with Crippen molar-refractivity contribution in [1.82, 2.24) is 4.90 Å². The Kier molecular flexibility index (Phi) is 9.39. The fourth-order valence-electron chi connectivity index (χ4n) is 1.71. The predicted molar refractivity (Wildman–Crippen MR) is 64.0 cm³/mol. The molecule has 1 saturated heterocycles. The number of nitrogens with zero attached hydrogens (tertiary/aromatic N) is 1. The van der Waals surface area contributed by atoms with Gasteiger partial charge < -0.3 is 0 Å². The molecule has 0 bridgehead atoms. The van der Waals surface area contributed by atoms with Gasteiger partial charge in [0.15, 0.2) is 0 Å². The molecular formula is C12H24F3NO. The minimum absolute atomic E-state index is 0.0618. The molecule has 0 aromatic carbocycles. The van der Waals surface area contributed by atoms with Crippen molar-refractivity contribution in [1.29, 1.82) is 0 Å². The number of hydrogen-bond acceptors (Lipinski definition) is 2. The molecule has 1 unspecified atom stereocenters. The number of carbonyl (C=O) groups excluding carboxylic acids is 1. The molecule has 0 radical (unpaired) electrons. The quantitative estimate of drug-likeness (QED) is 0.714. The zero-order valence-corrected chi connectivity index (χ0v) is 11.6. The van der Waals surface area contributed by atoms with Crippen LogP contribution in [0.2, 0.25) is 0 Å². The number of hydrogen-bond donors (Lipinski definition) is 0. The van der Waals surface area contributed by atoms with Gasteiger partial charge in [0.05, 0.1) is 12.0 Å². The SMILES string of the molecule is CC.CC.CC(=O)[C@@H]1CC(C(F)(F)F)CN1C. The van der Waals surface area contributed by atoms with Gasteiger partial charge in [0.25, 0.3) is 0 Å². The van der Waals surface area contributed by atoms with E-state index in [9.17, 15) is 18.0 Å². The van der Waals surface area contributed by atoms with E-state index >= 15 is 0 Å². The van der Waals surface area contributed by atoms with Crippen LogP contribution in [0.5, 0.6) is 0 Å². The standard InChI is InChI=1S/C8H12F3NO.2C2H6/c1-5(13)7-3-6(4-12(7)2)8(9,10)11;2*1-2/h6-7H,3-4H2,1-2H3;2*1-2H3/t6?,7-;;/m0../s1. The Morgan fingerprint density at radius 1 is 1.18 bits per heavy atom. The lowest BCUT2D eigenvalue weighted by molar-refractivity contribution is -0.170. The summed E-state index contributed by atoms with van der Waals surface area (Å²) < 4.78 is 36.7. The van der Waals surface area contributed by atoms with E-state index in [0.717, 1.165) is 0 Å². The molecule has 2 atom stereocenters. The maximum atomic E-state index is 12.2. The van der Waals surface area contributed by atoms with Crippen LogP contribution in [-0.4, -0.2) is 36.5 Å². The minimum atomic E-state index is -4.17. The normalized spacial score (nSPS) is 24.3. The highest BCUT2D eigenvalue weighted by atomic mass is 19.4. The Morgan fingerprint density at radius 2 is 1.59 bits per heavy atom. The van der Waals surface area contributed by atoms with E-state index in [4.69, 9.17) is 0 Å². The number of alkyl halides is 3. The highest BCUT2D eigenvalue weighted by Crippen LogP contribution is 2.35. The van der Waals surface area contributed by atoms with Gasteiger partial charge in [-0.2, -0.15) is 13.2 Å². The second-order valence-corrected chi connectivity index (χ2v) is 3.54. The molecule has 1 heterocycles. The van der Waals surface area contributed by atoms with Crippen LogP contribution >= 0.6 is 0 Å². The minimum Gasteiger partial charge on any atom is -0.298 e. The Bertz CT molecular complexity index is 216. The van der Waals surface area contributed by atoms with Crippen molar-refractivity contribution in [3.8, 4) is 0 Å². The lowest BCUT2D eigenvalue weighted by Gasteiger charge is -2.15. The first-order valence-electron chi connectivity index (χ1n) is 6.09. The zero-order valence-electron chi connectivity index (χ0n) is 11.6. The fourth-order valence-corrected chi connectivity index (χ4v) is 1.71. The highest BCUT2D eigenvalue weighted by molar-refractivity contribution is 5.81. The summed E-state index contributed by atoms with van der Waals surface area (Å²) in [7, 11) is 1.55. The third-order valence-electron chi connectivity index (χ3n) is 2.48. The van der Waals surface area contributed by atoms with E-state index in [-0.39, 0.29) is 18.7 Å². The molecule has 0 spiro atoms. The second kappa shape index (κ2) is 8.50. The number of likely N-dealkylation sites (N-methyl/N-ethyl adjacent to an activating group) is 1. The predicted octanol–water partition coefficient (Wildman–Crippen LogP) is 3.51. The van der Waals surface area contributed by atoms with Crippen LogP contribution in [0.25, 0.3) is 0 Å². The summed E-state index contributed by atoms with van der Waals surface area (Å²) in [6.07, 6.45) is -4.26. The number of likely N-dealkylation sites (tertiary alicyclic amines) is 1. The molecule has 0 aromatic rings. The van der Waals surface area contributed by atoms with Crippen molar-refractivity contribution in [3.63, 3.8) is 0 Å². The van der Waals surface area contributed by atoms with Crippen LogP contribution in [0.3, 0.4) is 0 Å². The third kappa shape index (κ3) is 6.05. The van der Waals surface area contributed by atoms with Crippen LogP contribution in [0.1, 0.15) is 41.0 Å². The number of Topliss-reactive ketones (excluding diaryl/α,β-unsaturated/α-hetero) is 1. The molecule has 0 N–H and O–H groups in total. The van der Waals surface area contributed by atoms with Gasteiger partial charge in [-0.1, -0.05) is 27.7 Å². The third-order valence-corrected chi connectivity index (χ3v) is 2.48. The molecule has 0 saturated carbocycles. The van der Waals surface area contributed by atoms with Gasteiger partial charge in [0.1, 0.15) is 5.78 Å².